The molecule has 1 heterocycles. The minimum absolute atomic E-state index is 0.0963. The molecule has 6 heteroatoms. The van der Waals surface area contributed by atoms with Crippen LogP contribution in [0.1, 0.15) is 21.1 Å². The van der Waals surface area contributed by atoms with Crippen LogP contribution in [-0.4, -0.2) is 31.3 Å². The highest BCUT2D eigenvalue weighted by molar-refractivity contribution is 6.07. The van der Waals surface area contributed by atoms with E-state index in [-0.39, 0.29) is 11.3 Å². The maximum atomic E-state index is 12.0. The second-order valence-corrected chi connectivity index (χ2v) is 4.99. The fourth-order valence-electron chi connectivity index (χ4n) is 2.58. The number of esters is 2. The van der Waals surface area contributed by atoms with Crippen LogP contribution in [0.3, 0.4) is 0 Å². The molecule has 2 aromatic carbocycles. The minimum atomic E-state index is -0.885. The van der Waals surface area contributed by atoms with E-state index in [1.54, 1.807) is 12.1 Å². The summed E-state index contributed by atoms with van der Waals surface area (Å²) in [5.41, 5.74) is 0.643. The average molecular weight is 326 g/mol. The Morgan fingerprint density at radius 3 is 2.25 bits per heavy atom. The van der Waals surface area contributed by atoms with Crippen LogP contribution in [-0.2, 0) is 9.47 Å². The molecule has 0 atom stereocenters. The highest BCUT2D eigenvalue weighted by Crippen LogP contribution is 2.41. The van der Waals surface area contributed by atoms with Gasteiger partial charge in [0.15, 0.2) is 5.75 Å². The predicted octanol–water partition coefficient (Wildman–Crippen LogP) is 3.38. The molecule has 0 aliphatic rings. The SMILES string of the molecule is COC(=O)c1oc(C(=O)OC)c(-c2cccc3ccccc23)c1O. The van der Waals surface area contributed by atoms with Gasteiger partial charge in [-0.1, -0.05) is 42.5 Å². The number of furan rings is 1. The summed E-state index contributed by atoms with van der Waals surface area (Å²) in [5, 5.41) is 12.2. The largest absolute Gasteiger partial charge is 0.504 e. The Balaban J connectivity index is 2.35. The Morgan fingerprint density at radius 2 is 1.54 bits per heavy atom. The van der Waals surface area contributed by atoms with E-state index >= 15 is 0 Å². The minimum Gasteiger partial charge on any atom is -0.504 e. The molecule has 3 rings (SSSR count). The zero-order valence-electron chi connectivity index (χ0n) is 13.0. The van der Waals surface area contributed by atoms with E-state index in [9.17, 15) is 14.7 Å². The van der Waals surface area contributed by atoms with E-state index < -0.39 is 23.4 Å². The van der Waals surface area contributed by atoms with E-state index in [1.807, 2.05) is 30.3 Å². The second-order valence-electron chi connectivity index (χ2n) is 4.99. The van der Waals surface area contributed by atoms with Gasteiger partial charge in [0.05, 0.1) is 19.8 Å². The summed E-state index contributed by atoms with van der Waals surface area (Å²) in [6, 6.07) is 12.9. The topological polar surface area (TPSA) is 86.0 Å². The molecule has 3 aromatic rings. The summed E-state index contributed by atoms with van der Waals surface area (Å²) in [5.74, 6) is -2.85. The Bertz CT molecular complexity index is 933. The zero-order valence-corrected chi connectivity index (χ0v) is 13.0. The van der Waals surface area contributed by atoms with Gasteiger partial charge in [-0.15, -0.1) is 0 Å². The Hall–Kier alpha value is -3.28. The third-order valence-electron chi connectivity index (χ3n) is 3.68. The van der Waals surface area contributed by atoms with Crippen molar-refractivity contribution in [3.8, 4) is 16.9 Å². The van der Waals surface area contributed by atoms with Crippen LogP contribution in [0.25, 0.3) is 21.9 Å². The fourth-order valence-corrected chi connectivity index (χ4v) is 2.58. The van der Waals surface area contributed by atoms with E-state index in [4.69, 9.17) is 9.15 Å². The number of fused-ring (bicyclic) bond motifs is 1. The number of aromatic hydroxyl groups is 1. The van der Waals surface area contributed by atoms with Gasteiger partial charge in [-0.25, -0.2) is 9.59 Å². The first-order chi connectivity index (χ1) is 11.6. The molecule has 0 aliphatic carbocycles. The number of benzene rings is 2. The number of ether oxygens (including phenoxy) is 2. The predicted molar refractivity (Wildman–Crippen MR) is 86.0 cm³/mol. The molecule has 0 radical (unpaired) electrons. The van der Waals surface area contributed by atoms with Crippen molar-refractivity contribution in [3.05, 3.63) is 54.0 Å². The van der Waals surface area contributed by atoms with E-state index in [0.29, 0.717) is 5.56 Å². The van der Waals surface area contributed by atoms with Gasteiger partial charge in [0.1, 0.15) is 0 Å². The van der Waals surface area contributed by atoms with Crippen LogP contribution in [0.15, 0.2) is 46.9 Å². The van der Waals surface area contributed by atoms with Gasteiger partial charge in [-0.3, -0.25) is 0 Å². The van der Waals surface area contributed by atoms with Gasteiger partial charge in [-0.2, -0.15) is 0 Å². The van der Waals surface area contributed by atoms with Gasteiger partial charge in [0.2, 0.25) is 5.76 Å². The lowest BCUT2D eigenvalue weighted by molar-refractivity contribution is 0.0529. The van der Waals surface area contributed by atoms with Crippen molar-refractivity contribution in [2.24, 2.45) is 0 Å². The summed E-state index contributed by atoms with van der Waals surface area (Å²) < 4.78 is 14.5. The van der Waals surface area contributed by atoms with Crippen LogP contribution < -0.4 is 0 Å². The first kappa shape index (κ1) is 15.6. The standard InChI is InChI=1S/C18H14O6/c1-22-17(20)15-13(14(19)16(24-15)18(21)23-2)12-9-5-7-10-6-3-4-8-11(10)12/h3-9,19H,1-2H3. The fraction of sp³-hybridized carbons (Fsp3) is 0.111. The molecule has 24 heavy (non-hydrogen) atoms. The Kier molecular flexibility index (Phi) is 3.95. The van der Waals surface area contributed by atoms with Gasteiger partial charge in [-0.05, 0) is 16.3 Å². The summed E-state index contributed by atoms with van der Waals surface area (Å²) in [4.78, 5) is 23.8. The number of hydrogen-bond acceptors (Lipinski definition) is 6. The molecular formula is C18H14O6. The van der Waals surface area contributed by atoms with Gasteiger partial charge in [0.25, 0.3) is 5.76 Å². The number of hydrogen-bond donors (Lipinski definition) is 1. The molecule has 0 unspecified atom stereocenters. The zero-order chi connectivity index (χ0) is 17.3. The van der Waals surface area contributed by atoms with Crippen molar-refractivity contribution < 1.29 is 28.6 Å². The Morgan fingerprint density at radius 1 is 0.917 bits per heavy atom. The molecule has 0 bridgehead atoms. The first-order valence-corrected chi connectivity index (χ1v) is 7.09. The van der Waals surface area contributed by atoms with Crippen molar-refractivity contribution in [2.45, 2.75) is 0 Å². The number of carbonyl (C=O) groups is 2. The molecule has 1 N–H and O–H groups in total. The normalized spacial score (nSPS) is 10.6. The monoisotopic (exact) mass is 326 g/mol. The maximum absolute atomic E-state index is 12.0. The molecule has 0 spiro atoms. The van der Waals surface area contributed by atoms with Gasteiger partial charge < -0.3 is 19.0 Å². The van der Waals surface area contributed by atoms with Gasteiger partial charge in [0, 0.05) is 0 Å². The molecule has 6 nitrogen and oxygen atoms in total. The van der Waals surface area contributed by atoms with Crippen LogP contribution in [0.2, 0.25) is 0 Å². The number of methoxy groups -OCH3 is 2. The second kappa shape index (κ2) is 6.08. The number of carbonyl (C=O) groups excluding carboxylic acids is 2. The van der Waals surface area contributed by atoms with Crippen molar-refractivity contribution in [1.82, 2.24) is 0 Å². The molecular weight excluding hydrogens is 312 g/mol. The first-order valence-electron chi connectivity index (χ1n) is 7.09. The molecule has 0 fully saturated rings. The molecule has 0 saturated heterocycles. The average Bonchev–Trinajstić information content (AvgIpc) is 2.97. The summed E-state index contributed by atoms with van der Waals surface area (Å²) in [6.07, 6.45) is 0. The summed E-state index contributed by atoms with van der Waals surface area (Å²) in [6.45, 7) is 0. The van der Waals surface area contributed by atoms with Crippen LogP contribution in [0.4, 0.5) is 0 Å². The molecule has 0 amide bonds. The molecule has 0 saturated carbocycles. The smallest absolute Gasteiger partial charge is 0.377 e. The van der Waals surface area contributed by atoms with E-state index in [2.05, 4.69) is 4.74 Å². The lowest BCUT2D eigenvalue weighted by Crippen LogP contribution is -2.02. The summed E-state index contributed by atoms with van der Waals surface area (Å²) >= 11 is 0. The lowest BCUT2D eigenvalue weighted by atomic mass is 9.97. The van der Waals surface area contributed by atoms with Crippen molar-refractivity contribution in [3.63, 3.8) is 0 Å². The highest BCUT2D eigenvalue weighted by Gasteiger charge is 2.31. The van der Waals surface area contributed by atoms with E-state index in [1.165, 1.54) is 7.11 Å². The summed E-state index contributed by atoms with van der Waals surface area (Å²) in [7, 11) is 2.34. The van der Waals surface area contributed by atoms with Crippen LogP contribution in [0.5, 0.6) is 5.75 Å². The third kappa shape index (κ3) is 2.38. The van der Waals surface area contributed by atoms with Gasteiger partial charge >= 0.3 is 11.9 Å². The van der Waals surface area contributed by atoms with E-state index in [0.717, 1.165) is 17.9 Å². The van der Waals surface area contributed by atoms with Crippen molar-refractivity contribution in [1.29, 1.82) is 0 Å². The molecule has 1 aromatic heterocycles. The van der Waals surface area contributed by atoms with Crippen LogP contribution >= 0.6 is 0 Å². The van der Waals surface area contributed by atoms with Crippen molar-refractivity contribution in [2.75, 3.05) is 14.2 Å². The molecule has 0 aliphatic heterocycles. The lowest BCUT2D eigenvalue weighted by Gasteiger charge is -2.06. The molecule has 122 valence electrons. The van der Waals surface area contributed by atoms with Crippen molar-refractivity contribution >= 4 is 22.7 Å². The maximum Gasteiger partial charge on any atom is 0.377 e. The Labute approximate surface area is 137 Å². The third-order valence-corrected chi connectivity index (χ3v) is 3.68. The number of rotatable bonds is 3. The van der Waals surface area contributed by atoms with Crippen LogP contribution in [0, 0.1) is 0 Å². The quantitative estimate of drug-likeness (QED) is 0.743. The highest BCUT2D eigenvalue weighted by atomic mass is 16.6.